The predicted molar refractivity (Wildman–Crippen MR) is 101 cm³/mol. The van der Waals surface area contributed by atoms with Crippen LogP contribution in [0.4, 0.5) is 0 Å². The molecule has 0 aliphatic rings. The van der Waals surface area contributed by atoms with Crippen molar-refractivity contribution in [3.63, 3.8) is 0 Å². The van der Waals surface area contributed by atoms with Crippen molar-refractivity contribution in [1.82, 2.24) is 9.13 Å². The van der Waals surface area contributed by atoms with E-state index in [9.17, 15) is 4.79 Å². The first-order chi connectivity index (χ1) is 11.0. The number of fused-ring (bicyclic) bond motifs is 1. The zero-order valence-electron chi connectivity index (χ0n) is 14.9. The van der Waals surface area contributed by atoms with E-state index in [-0.39, 0.29) is 5.69 Å². The van der Waals surface area contributed by atoms with Gasteiger partial charge in [-0.05, 0) is 31.4 Å². The molecule has 3 aromatic rings. The van der Waals surface area contributed by atoms with Crippen LogP contribution in [0, 0.1) is 13.8 Å². The standard InChI is InChI=1S/C17H20N2OS.C2H6/c1-5-14-12(3)21-16-15(14)18(4)17(20)19(16)10-13-8-6-11(2)7-9-13;1-2/h6-9H,5,10H2,1-4H3;1-2H3. The highest BCUT2D eigenvalue weighted by Gasteiger charge is 2.18. The molecule has 0 aliphatic carbocycles. The average Bonchev–Trinajstić information content (AvgIpc) is 3.00. The largest absolute Gasteiger partial charge is 0.329 e. The van der Waals surface area contributed by atoms with Crippen LogP contribution < -0.4 is 5.69 Å². The van der Waals surface area contributed by atoms with E-state index in [1.54, 1.807) is 15.9 Å². The number of nitrogens with zero attached hydrogens (tertiary/aromatic N) is 2. The monoisotopic (exact) mass is 330 g/mol. The number of rotatable bonds is 3. The number of aryl methyl sites for hydroxylation is 4. The maximum atomic E-state index is 12.5. The molecule has 0 fully saturated rings. The lowest BCUT2D eigenvalue weighted by atomic mass is 10.1. The predicted octanol–water partition coefficient (Wildman–Crippen LogP) is 4.66. The summed E-state index contributed by atoms with van der Waals surface area (Å²) in [7, 11) is 1.88. The van der Waals surface area contributed by atoms with Gasteiger partial charge in [0.1, 0.15) is 4.83 Å². The average molecular weight is 330 g/mol. The highest BCUT2D eigenvalue weighted by molar-refractivity contribution is 7.18. The van der Waals surface area contributed by atoms with Crippen LogP contribution in [-0.4, -0.2) is 9.13 Å². The summed E-state index contributed by atoms with van der Waals surface area (Å²) in [6, 6.07) is 8.39. The molecule has 1 aromatic carbocycles. The summed E-state index contributed by atoms with van der Waals surface area (Å²) >= 11 is 1.73. The van der Waals surface area contributed by atoms with Crippen LogP contribution in [0.2, 0.25) is 0 Å². The number of aromatic nitrogens is 2. The van der Waals surface area contributed by atoms with Gasteiger partial charge in [-0.3, -0.25) is 9.13 Å². The minimum Gasteiger partial charge on any atom is -0.294 e. The maximum Gasteiger partial charge on any atom is 0.329 e. The van der Waals surface area contributed by atoms with Gasteiger partial charge in [0.05, 0.1) is 12.1 Å². The van der Waals surface area contributed by atoms with Gasteiger partial charge < -0.3 is 0 Å². The molecule has 23 heavy (non-hydrogen) atoms. The second kappa shape index (κ2) is 7.18. The molecule has 124 valence electrons. The third-order valence-corrected chi connectivity index (χ3v) is 5.24. The van der Waals surface area contributed by atoms with Crippen molar-refractivity contribution in [2.75, 3.05) is 0 Å². The lowest BCUT2D eigenvalue weighted by Gasteiger charge is -2.03. The Hall–Kier alpha value is -1.81. The lowest BCUT2D eigenvalue weighted by Crippen LogP contribution is -2.22. The van der Waals surface area contributed by atoms with Crippen molar-refractivity contribution in [2.24, 2.45) is 7.05 Å². The molecule has 4 heteroatoms. The summed E-state index contributed by atoms with van der Waals surface area (Å²) < 4.78 is 3.70. The molecule has 0 bridgehead atoms. The summed E-state index contributed by atoms with van der Waals surface area (Å²) in [4.78, 5) is 14.9. The van der Waals surface area contributed by atoms with E-state index in [2.05, 4.69) is 45.0 Å². The molecule has 0 aliphatic heterocycles. The van der Waals surface area contributed by atoms with Crippen molar-refractivity contribution in [2.45, 2.75) is 47.6 Å². The molecule has 0 N–H and O–H groups in total. The molecule has 0 spiro atoms. The number of thiophene rings is 1. The molecule has 0 saturated heterocycles. The fourth-order valence-corrected chi connectivity index (χ4v) is 4.14. The second-order valence-corrected chi connectivity index (χ2v) is 6.76. The Balaban J connectivity index is 0.000000924. The molecule has 2 aromatic heterocycles. The summed E-state index contributed by atoms with van der Waals surface area (Å²) in [5.41, 5.74) is 4.89. The van der Waals surface area contributed by atoms with Gasteiger partial charge in [0.25, 0.3) is 0 Å². The minimum absolute atomic E-state index is 0.0755. The zero-order valence-corrected chi connectivity index (χ0v) is 15.8. The van der Waals surface area contributed by atoms with E-state index in [1.165, 1.54) is 21.6 Å². The summed E-state index contributed by atoms with van der Waals surface area (Å²) in [5, 5.41) is 0. The molecular formula is C19H26N2OS. The van der Waals surface area contributed by atoms with Gasteiger partial charge in [0, 0.05) is 11.9 Å². The van der Waals surface area contributed by atoms with Crippen LogP contribution in [0.1, 0.15) is 42.3 Å². The Morgan fingerprint density at radius 1 is 1.09 bits per heavy atom. The molecule has 0 unspecified atom stereocenters. The van der Waals surface area contributed by atoms with Crippen molar-refractivity contribution in [1.29, 1.82) is 0 Å². The Bertz CT molecular complexity index is 850. The van der Waals surface area contributed by atoms with Crippen molar-refractivity contribution >= 4 is 21.7 Å². The number of benzene rings is 1. The number of hydrogen-bond donors (Lipinski definition) is 0. The quantitative estimate of drug-likeness (QED) is 0.686. The van der Waals surface area contributed by atoms with Crippen molar-refractivity contribution in [3.8, 4) is 0 Å². The van der Waals surface area contributed by atoms with Crippen LogP contribution in [0.3, 0.4) is 0 Å². The molecule has 3 rings (SSSR count). The molecule has 2 heterocycles. The Labute approximate surface area is 142 Å². The van der Waals surface area contributed by atoms with Crippen LogP contribution in [0.15, 0.2) is 29.1 Å². The second-order valence-electron chi connectivity index (χ2n) is 5.56. The summed E-state index contributed by atoms with van der Waals surface area (Å²) in [6.45, 7) is 11.0. The van der Waals surface area contributed by atoms with Gasteiger partial charge in [-0.2, -0.15) is 0 Å². The normalized spacial score (nSPS) is 10.7. The van der Waals surface area contributed by atoms with Crippen molar-refractivity contribution < 1.29 is 0 Å². The molecule has 0 atom stereocenters. The fourth-order valence-electron chi connectivity index (χ4n) is 2.88. The molecule has 0 saturated carbocycles. The van der Waals surface area contributed by atoms with E-state index < -0.39 is 0 Å². The van der Waals surface area contributed by atoms with Crippen molar-refractivity contribution in [3.05, 3.63) is 56.3 Å². The Morgan fingerprint density at radius 2 is 1.70 bits per heavy atom. The number of imidazole rings is 1. The number of hydrogen-bond acceptors (Lipinski definition) is 2. The Morgan fingerprint density at radius 3 is 2.26 bits per heavy atom. The van der Waals surface area contributed by atoms with Crippen LogP contribution in [0.5, 0.6) is 0 Å². The lowest BCUT2D eigenvalue weighted by molar-refractivity contribution is 0.737. The smallest absolute Gasteiger partial charge is 0.294 e. The molecule has 3 nitrogen and oxygen atoms in total. The third kappa shape index (κ3) is 3.13. The van der Waals surface area contributed by atoms with Crippen LogP contribution in [0.25, 0.3) is 10.3 Å². The first kappa shape index (κ1) is 17.5. The highest BCUT2D eigenvalue weighted by Crippen LogP contribution is 2.30. The molecular weight excluding hydrogens is 304 g/mol. The van der Waals surface area contributed by atoms with Gasteiger partial charge in [0.2, 0.25) is 0 Å². The first-order valence-electron chi connectivity index (χ1n) is 8.26. The minimum atomic E-state index is 0.0755. The topological polar surface area (TPSA) is 26.9 Å². The van der Waals surface area contributed by atoms with E-state index in [0.717, 1.165) is 16.8 Å². The van der Waals surface area contributed by atoms with Crippen LogP contribution in [-0.2, 0) is 20.0 Å². The molecule has 0 amide bonds. The fraction of sp³-hybridized carbons (Fsp3) is 0.421. The summed E-state index contributed by atoms with van der Waals surface area (Å²) in [6.07, 6.45) is 0.966. The van der Waals surface area contributed by atoms with E-state index in [1.807, 2.05) is 25.5 Å². The van der Waals surface area contributed by atoms with Crippen LogP contribution >= 0.6 is 11.3 Å². The van der Waals surface area contributed by atoms with Gasteiger partial charge in [0.15, 0.2) is 0 Å². The maximum absolute atomic E-state index is 12.5. The third-order valence-electron chi connectivity index (χ3n) is 4.08. The SMILES string of the molecule is CC.CCc1c(C)sc2c1n(C)c(=O)n2Cc1ccc(C)cc1. The van der Waals surface area contributed by atoms with E-state index >= 15 is 0 Å². The summed E-state index contributed by atoms with van der Waals surface area (Å²) in [5.74, 6) is 0. The van der Waals surface area contributed by atoms with E-state index in [4.69, 9.17) is 0 Å². The van der Waals surface area contributed by atoms with E-state index in [0.29, 0.717) is 6.54 Å². The van der Waals surface area contributed by atoms with Gasteiger partial charge in [-0.1, -0.05) is 50.6 Å². The Kier molecular flexibility index (Phi) is 5.47. The molecule has 0 radical (unpaired) electrons. The highest BCUT2D eigenvalue weighted by atomic mass is 32.1. The first-order valence-corrected chi connectivity index (χ1v) is 9.07. The van der Waals surface area contributed by atoms with Gasteiger partial charge >= 0.3 is 5.69 Å². The zero-order chi connectivity index (χ0) is 17.1. The van der Waals surface area contributed by atoms with Gasteiger partial charge in [-0.15, -0.1) is 11.3 Å². The van der Waals surface area contributed by atoms with Gasteiger partial charge in [-0.25, -0.2) is 4.79 Å².